The smallest absolute Gasteiger partial charge is 0.163 e. The second-order valence-electron chi connectivity index (χ2n) is 5.04. The summed E-state index contributed by atoms with van der Waals surface area (Å²) in [5.41, 5.74) is 7.48. The highest BCUT2D eigenvalue weighted by Crippen LogP contribution is 2.31. The van der Waals surface area contributed by atoms with Crippen LogP contribution in [0.5, 0.6) is 5.75 Å². The molecule has 0 unspecified atom stereocenters. The maximum atomic E-state index is 11.4. The Morgan fingerprint density at radius 2 is 1.94 bits per heavy atom. The minimum absolute atomic E-state index is 0.0167. The van der Waals surface area contributed by atoms with E-state index in [9.17, 15) is 9.90 Å². The van der Waals surface area contributed by atoms with Gasteiger partial charge in [0.05, 0.1) is 5.56 Å². The first kappa shape index (κ1) is 12.7. The van der Waals surface area contributed by atoms with Crippen LogP contribution in [0.3, 0.4) is 0 Å². The molecule has 0 aliphatic heterocycles. The highest BCUT2D eigenvalue weighted by Gasteiger charge is 2.19. The van der Waals surface area contributed by atoms with Crippen molar-refractivity contribution in [3.8, 4) is 5.75 Å². The standard InChI is InChI=1S/C13H19NO2/c1-8(15)11-6-10(13(2,3)4)5-9(7-14)12(11)16/h5-6,16H,7,14H2,1-4H3. The van der Waals surface area contributed by atoms with Crippen molar-refractivity contribution < 1.29 is 9.90 Å². The van der Waals surface area contributed by atoms with Crippen molar-refractivity contribution >= 4 is 5.78 Å². The zero-order valence-corrected chi connectivity index (χ0v) is 10.3. The number of hydrogen-bond donors (Lipinski definition) is 2. The van der Waals surface area contributed by atoms with E-state index in [1.165, 1.54) is 6.92 Å². The molecule has 0 amide bonds. The largest absolute Gasteiger partial charge is 0.507 e. The SMILES string of the molecule is CC(=O)c1cc(C(C)(C)C)cc(CN)c1O. The average molecular weight is 221 g/mol. The van der Waals surface area contributed by atoms with Gasteiger partial charge in [-0.05, 0) is 24.0 Å². The van der Waals surface area contributed by atoms with E-state index in [0.29, 0.717) is 11.1 Å². The first-order valence-corrected chi connectivity index (χ1v) is 5.34. The van der Waals surface area contributed by atoms with Gasteiger partial charge in [-0.2, -0.15) is 0 Å². The average Bonchev–Trinajstić information content (AvgIpc) is 2.15. The van der Waals surface area contributed by atoms with Gasteiger partial charge in [0.1, 0.15) is 5.75 Å². The third kappa shape index (κ3) is 2.42. The molecule has 3 nitrogen and oxygen atoms in total. The molecule has 0 atom stereocenters. The Hall–Kier alpha value is -1.35. The number of carbonyl (C=O) groups is 1. The predicted octanol–water partition coefficient (Wildman–Crippen LogP) is 2.35. The van der Waals surface area contributed by atoms with Gasteiger partial charge >= 0.3 is 0 Å². The van der Waals surface area contributed by atoms with Crippen molar-refractivity contribution in [3.05, 3.63) is 28.8 Å². The molecule has 0 bridgehead atoms. The van der Waals surface area contributed by atoms with Crippen LogP contribution < -0.4 is 5.73 Å². The molecule has 0 aliphatic rings. The van der Waals surface area contributed by atoms with Crippen molar-refractivity contribution in [1.82, 2.24) is 0 Å². The summed E-state index contributed by atoms with van der Waals surface area (Å²) in [4.78, 5) is 11.4. The fraction of sp³-hybridized carbons (Fsp3) is 0.462. The number of phenols is 1. The Labute approximate surface area is 96.3 Å². The fourth-order valence-electron chi connectivity index (χ4n) is 1.55. The molecule has 3 N–H and O–H groups in total. The lowest BCUT2D eigenvalue weighted by atomic mass is 9.84. The van der Waals surface area contributed by atoms with Crippen LogP contribution in [0.15, 0.2) is 12.1 Å². The van der Waals surface area contributed by atoms with E-state index in [0.717, 1.165) is 5.56 Å². The Balaban J connectivity index is 3.46. The van der Waals surface area contributed by atoms with E-state index in [1.807, 2.05) is 6.07 Å². The number of ketones is 1. The Morgan fingerprint density at radius 1 is 1.38 bits per heavy atom. The summed E-state index contributed by atoms with van der Waals surface area (Å²) in [6.07, 6.45) is 0. The number of carbonyl (C=O) groups excluding carboxylic acids is 1. The van der Waals surface area contributed by atoms with Gasteiger partial charge in [-0.3, -0.25) is 4.79 Å². The van der Waals surface area contributed by atoms with Gasteiger partial charge in [-0.25, -0.2) is 0 Å². The Bertz CT molecular complexity index is 417. The van der Waals surface area contributed by atoms with Crippen LogP contribution in [0, 0.1) is 0 Å². The number of nitrogens with two attached hydrogens (primary N) is 1. The number of hydrogen-bond acceptors (Lipinski definition) is 3. The van der Waals surface area contributed by atoms with Crippen LogP contribution in [0.4, 0.5) is 0 Å². The third-order valence-corrected chi connectivity index (χ3v) is 2.65. The van der Waals surface area contributed by atoms with Gasteiger partial charge in [-0.15, -0.1) is 0 Å². The summed E-state index contributed by atoms with van der Waals surface area (Å²) in [7, 11) is 0. The molecule has 3 heteroatoms. The summed E-state index contributed by atoms with van der Waals surface area (Å²) in [5.74, 6) is -0.124. The zero-order chi connectivity index (χ0) is 12.5. The number of rotatable bonds is 2. The van der Waals surface area contributed by atoms with E-state index < -0.39 is 0 Å². The normalized spacial score (nSPS) is 11.6. The van der Waals surface area contributed by atoms with Gasteiger partial charge in [0, 0.05) is 12.1 Å². The minimum Gasteiger partial charge on any atom is -0.507 e. The van der Waals surface area contributed by atoms with Crippen LogP contribution in [0.25, 0.3) is 0 Å². The number of aromatic hydroxyl groups is 1. The van der Waals surface area contributed by atoms with E-state index >= 15 is 0 Å². The molecule has 0 spiro atoms. The predicted molar refractivity (Wildman–Crippen MR) is 64.7 cm³/mol. The lowest BCUT2D eigenvalue weighted by molar-refractivity contribution is 0.101. The maximum Gasteiger partial charge on any atom is 0.163 e. The molecule has 1 aromatic carbocycles. The molecular formula is C13H19NO2. The van der Waals surface area contributed by atoms with E-state index in [-0.39, 0.29) is 23.5 Å². The number of benzene rings is 1. The summed E-state index contributed by atoms with van der Waals surface area (Å²) < 4.78 is 0. The summed E-state index contributed by atoms with van der Waals surface area (Å²) in [6.45, 7) is 7.86. The highest BCUT2D eigenvalue weighted by atomic mass is 16.3. The maximum absolute atomic E-state index is 11.4. The van der Waals surface area contributed by atoms with Crippen molar-refractivity contribution in [1.29, 1.82) is 0 Å². The van der Waals surface area contributed by atoms with Crippen LogP contribution in [-0.2, 0) is 12.0 Å². The van der Waals surface area contributed by atoms with E-state index in [2.05, 4.69) is 20.8 Å². The topological polar surface area (TPSA) is 63.3 Å². The molecule has 16 heavy (non-hydrogen) atoms. The molecule has 0 radical (unpaired) electrons. The van der Waals surface area contributed by atoms with Gasteiger partial charge in [0.2, 0.25) is 0 Å². The zero-order valence-electron chi connectivity index (χ0n) is 10.3. The molecule has 0 saturated carbocycles. The molecule has 0 aliphatic carbocycles. The molecule has 0 saturated heterocycles. The highest BCUT2D eigenvalue weighted by molar-refractivity contribution is 5.97. The summed E-state index contributed by atoms with van der Waals surface area (Å²) in [5, 5.41) is 9.85. The molecule has 1 rings (SSSR count). The van der Waals surface area contributed by atoms with Crippen molar-refractivity contribution in [2.75, 3.05) is 0 Å². The van der Waals surface area contributed by atoms with Crippen LogP contribution >= 0.6 is 0 Å². The van der Waals surface area contributed by atoms with Crippen molar-refractivity contribution in [2.24, 2.45) is 5.73 Å². The quantitative estimate of drug-likeness (QED) is 0.753. The number of phenolic OH excluding ortho intramolecular Hbond substituents is 1. The van der Waals surface area contributed by atoms with Crippen LogP contribution in [0.1, 0.15) is 49.2 Å². The molecule has 0 heterocycles. The van der Waals surface area contributed by atoms with Gasteiger partial charge in [0.25, 0.3) is 0 Å². The van der Waals surface area contributed by atoms with Gasteiger partial charge < -0.3 is 10.8 Å². The first-order valence-electron chi connectivity index (χ1n) is 5.34. The first-order chi connectivity index (χ1) is 7.27. The monoisotopic (exact) mass is 221 g/mol. The van der Waals surface area contributed by atoms with E-state index in [1.54, 1.807) is 6.07 Å². The van der Waals surface area contributed by atoms with Gasteiger partial charge in [0.15, 0.2) is 5.78 Å². The summed E-state index contributed by atoms with van der Waals surface area (Å²) >= 11 is 0. The van der Waals surface area contributed by atoms with Crippen molar-refractivity contribution in [3.63, 3.8) is 0 Å². The fourth-order valence-corrected chi connectivity index (χ4v) is 1.55. The Morgan fingerprint density at radius 3 is 2.31 bits per heavy atom. The third-order valence-electron chi connectivity index (χ3n) is 2.65. The molecule has 88 valence electrons. The second-order valence-corrected chi connectivity index (χ2v) is 5.04. The van der Waals surface area contributed by atoms with Crippen LogP contribution in [-0.4, -0.2) is 10.9 Å². The molecule has 0 fully saturated rings. The van der Waals surface area contributed by atoms with Crippen molar-refractivity contribution in [2.45, 2.75) is 39.7 Å². The van der Waals surface area contributed by atoms with Gasteiger partial charge in [-0.1, -0.05) is 26.8 Å². The lowest BCUT2D eigenvalue weighted by Crippen LogP contribution is -2.14. The summed E-state index contributed by atoms with van der Waals surface area (Å²) in [6, 6.07) is 3.61. The lowest BCUT2D eigenvalue weighted by Gasteiger charge is -2.21. The van der Waals surface area contributed by atoms with Crippen LogP contribution in [0.2, 0.25) is 0 Å². The molecular weight excluding hydrogens is 202 g/mol. The molecule has 0 aromatic heterocycles. The molecule has 1 aromatic rings. The second kappa shape index (κ2) is 4.26. The number of Topliss-reactive ketones (excluding diaryl/α,β-unsaturated/α-hetero) is 1. The van der Waals surface area contributed by atoms with E-state index in [4.69, 9.17) is 5.73 Å². The minimum atomic E-state index is -0.140. The Kier molecular flexibility index (Phi) is 3.38.